The van der Waals surface area contributed by atoms with Crippen LogP contribution in [0, 0.1) is 17.0 Å². The Labute approximate surface area is 111 Å². The first-order chi connectivity index (χ1) is 9.02. The summed E-state index contributed by atoms with van der Waals surface area (Å²) in [5.41, 5.74) is -0.511. The minimum absolute atomic E-state index is 0.0113. The lowest BCUT2D eigenvalue weighted by Gasteiger charge is -2.34. The summed E-state index contributed by atoms with van der Waals surface area (Å²) in [6, 6.07) is 3.42. The van der Waals surface area contributed by atoms with E-state index < -0.39 is 23.1 Å². The topological polar surface area (TPSA) is 41.1 Å². The molecule has 3 nitrogen and oxygen atoms in total. The number of hydrogen-bond donors (Lipinski definition) is 2. The molecule has 1 aliphatic rings. The van der Waals surface area contributed by atoms with Crippen molar-refractivity contribution in [3.05, 3.63) is 35.4 Å². The maximum absolute atomic E-state index is 13.5. The number of benzene rings is 1. The highest BCUT2D eigenvalue weighted by molar-refractivity contribution is 5.94. The van der Waals surface area contributed by atoms with Crippen LogP contribution in [-0.2, 0) is 0 Å². The van der Waals surface area contributed by atoms with Gasteiger partial charge in [0.25, 0.3) is 5.91 Å². The number of carbonyl (C=O) groups is 1. The number of halogens is 2. The molecule has 5 heteroatoms. The maximum atomic E-state index is 13.5. The fraction of sp³-hybridized carbons (Fsp3) is 0.500. The van der Waals surface area contributed by atoms with E-state index in [0.29, 0.717) is 6.54 Å². The van der Waals surface area contributed by atoms with Crippen molar-refractivity contribution in [3.8, 4) is 0 Å². The first-order valence-electron chi connectivity index (χ1n) is 6.45. The van der Waals surface area contributed by atoms with Crippen LogP contribution in [-0.4, -0.2) is 25.5 Å². The van der Waals surface area contributed by atoms with Gasteiger partial charge in [-0.2, -0.15) is 0 Å². The van der Waals surface area contributed by atoms with Gasteiger partial charge in [0.15, 0.2) is 0 Å². The van der Waals surface area contributed by atoms with E-state index in [2.05, 4.69) is 17.6 Å². The molecule has 0 bridgehead atoms. The van der Waals surface area contributed by atoms with E-state index in [0.717, 1.165) is 38.1 Å². The van der Waals surface area contributed by atoms with E-state index in [9.17, 15) is 13.6 Å². The van der Waals surface area contributed by atoms with E-state index in [-0.39, 0.29) is 5.41 Å². The number of carbonyl (C=O) groups excluding carboxylic acids is 1. The lowest BCUT2D eigenvalue weighted by Crippen LogP contribution is -2.43. The van der Waals surface area contributed by atoms with Crippen LogP contribution in [0.25, 0.3) is 0 Å². The van der Waals surface area contributed by atoms with Crippen molar-refractivity contribution in [2.45, 2.75) is 19.8 Å². The zero-order valence-electron chi connectivity index (χ0n) is 10.9. The Kier molecular flexibility index (Phi) is 4.14. The highest BCUT2D eigenvalue weighted by Gasteiger charge is 2.28. The highest BCUT2D eigenvalue weighted by Crippen LogP contribution is 2.26. The third-order valence-corrected chi connectivity index (χ3v) is 3.68. The van der Waals surface area contributed by atoms with Gasteiger partial charge >= 0.3 is 0 Å². The lowest BCUT2D eigenvalue weighted by molar-refractivity contribution is 0.0913. The third-order valence-electron chi connectivity index (χ3n) is 3.68. The van der Waals surface area contributed by atoms with Crippen molar-refractivity contribution in [1.29, 1.82) is 0 Å². The summed E-state index contributed by atoms with van der Waals surface area (Å²) < 4.78 is 26.9. The van der Waals surface area contributed by atoms with Gasteiger partial charge in [0.05, 0.1) is 0 Å². The van der Waals surface area contributed by atoms with Crippen LogP contribution >= 0.6 is 0 Å². The van der Waals surface area contributed by atoms with E-state index in [1.807, 2.05) is 0 Å². The molecule has 1 aromatic carbocycles. The summed E-state index contributed by atoms with van der Waals surface area (Å²) in [4.78, 5) is 11.9. The predicted octanol–water partition coefficient (Wildman–Crippen LogP) is 2.08. The molecule has 0 aromatic heterocycles. The molecule has 0 atom stereocenters. The standard InChI is InChI=1S/C14H18F2N2O/c1-14(5-7-17-8-6-14)9-18-13(19)12-10(15)3-2-4-11(12)16/h2-4,17H,5-9H2,1H3,(H,18,19). The summed E-state index contributed by atoms with van der Waals surface area (Å²) in [5, 5.41) is 5.89. The fourth-order valence-corrected chi connectivity index (χ4v) is 2.30. The highest BCUT2D eigenvalue weighted by atomic mass is 19.1. The van der Waals surface area contributed by atoms with Crippen LogP contribution in [0.2, 0.25) is 0 Å². The van der Waals surface area contributed by atoms with E-state index >= 15 is 0 Å². The zero-order valence-corrected chi connectivity index (χ0v) is 10.9. The van der Waals surface area contributed by atoms with E-state index in [1.54, 1.807) is 0 Å². The van der Waals surface area contributed by atoms with Crippen LogP contribution in [0.15, 0.2) is 18.2 Å². The maximum Gasteiger partial charge on any atom is 0.257 e. The molecule has 1 aromatic rings. The van der Waals surface area contributed by atoms with Gasteiger partial charge in [-0.1, -0.05) is 13.0 Å². The molecular formula is C14H18F2N2O. The third kappa shape index (κ3) is 3.29. The second-order valence-corrected chi connectivity index (χ2v) is 5.34. The molecule has 19 heavy (non-hydrogen) atoms. The summed E-state index contributed by atoms with van der Waals surface area (Å²) in [7, 11) is 0. The predicted molar refractivity (Wildman–Crippen MR) is 68.9 cm³/mol. The first-order valence-corrected chi connectivity index (χ1v) is 6.45. The molecule has 0 unspecified atom stereocenters. The number of piperidine rings is 1. The fourth-order valence-electron chi connectivity index (χ4n) is 2.30. The van der Waals surface area contributed by atoms with Crippen LogP contribution in [0.3, 0.4) is 0 Å². The number of amides is 1. The van der Waals surface area contributed by atoms with Gasteiger partial charge in [0.1, 0.15) is 17.2 Å². The monoisotopic (exact) mass is 268 g/mol. The zero-order chi connectivity index (χ0) is 13.9. The smallest absolute Gasteiger partial charge is 0.257 e. The van der Waals surface area contributed by atoms with Gasteiger partial charge in [-0.3, -0.25) is 4.79 Å². The van der Waals surface area contributed by atoms with Crippen molar-refractivity contribution >= 4 is 5.91 Å². The SMILES string of the molecule is CC1(CNC(=O)c2c(F)cccc2F)CCNCC1. The van der Waals surface area contributed by atoms with Gasteiger partial charge in [0, 0.05) is 6.54 Å². The van der Waals surface area contributed by atoms with E-state index in [1.165, 1.54) is 6.07 Å². The van der Waals surface area contributed by atoms with Crippen LogP contribution in [0.4, 0.5) is 8.78 Å². The van der Waals surface area contributed by atoms with Gasteiger partial charge in [-0.15, -0.1) is 0 Å². The normalized spacial score (nSPS) is 18.1. The quantitative estimate of drug-likeness (QED) is 0.881. The minimum Gasteiger partial charge on any atom is -0.351 e. The Morgan fingerprint density at radius 2 is 1.89 bits per heavy atom. The molecule has 0 radical (unpaired) electrons. The van der Waals surface area contributed by atoms with Crippen LogP contribution in [0.5, 0.6) is 0 Å². The lowest BCUT2D eigenvalue weighted by atomic mass is 9.81. The Hall–Kier alpha value is -1.49. The molecule has 0 saturated carbocycles. The molecule has 1 amide bonds. The molecule has 0 aliphatic carbocycles. The molecule has 1 fully saturated rings. The molecule has 1 heterocycles. The molecule has 0 spiro atoms. The number of hydrogen-bond acceptors (Lipinski definition) is 2. The molecular weight excluding hydrogens is 250 g/mol. The van der Waals surface area contributed by atoms with Crippen molar-refractivity contribution in [3.63, 3.8) is 0 Å². The second kappa shape index (κ2) is 5.65. The molecule has 104 valence electrons. The second-order valence-electron chi connectivity index (χ2n) is 5.34. The number of rotatable bonds is 3. The Morgan fingerprint density at radius 3 is 2.47 bits per heavy atom. The van der Waals surface area contributed by atoms with Crippen molar-refractivity contribution in [2.75, 3.05) is 19.6 Å². The molecule has 1 aliphatic heterocycles. The van der Waals surface area contributed by atoms with Gasteiger partial charge in [-0.05, 0) is 43.5 Å². The Bertz CT molecular complexity index is 450. The average Bonchev–Trinajstić information content (AvgIpc) is 2.37. The van der Waals surface area contributed by atoms with Crippen molar-refractivity contribution < 1.29 is 13.6 Å². The largest absolute Gasteiger partial charge is 0.351 e. The Balaban J connectivity index is 2.01. The number of nitrogens with one attached hydrogen (secondary N) is 2. The summed E-state index contributed by atoms with van der Waals surface area (Å²) in [6.07, 6.45) is 1.88. The Morgan fingerprint density at radius 1 is 1.32 bits per heavy atom. The van der Waals surface area contributed by atoms with Gasteiger partial charge < -0.3 is 10.6 Å². The molecule has 2 rings (SSSR count). The summed E-state index contributed by atoms with van der Waals surface area (Å²) in [6.45, 7) is 4.31. The van der Waals surface area contributed by atoms with E-state index in [4.69, 9.17) is 0 Å². The van der Waals surface area contributed by atoms with Crippen molar-refractivity contribution in [1.82, 2.24) is 10.6 Å². The summed E-state index contributed by atoms with van der Waals surface area (Å²) >= 11 is 0. The van der Waals surface area contributed by atoms with Crippen molar-refractivity contribution in [2.24, 2.45) is 5.41 Å². The first kappa shape index (κ1) is 13.9. The molecule has 1 saturated heterocycles. The van der Waals surface area contributed by atoms with Gasteiger partial charge in [0.2, 0.25) is 0 Å². The minimum atomic E-state index is -0.826. The van der Waals surface area contributed by atoms with Gasteiger partial charge in [-0.25, -0.2) is 8.78 Å². The van der Waals surface area contributed by atoms with Crippen LogP contribution < -0.4 is 10.6 Å². The van der Waals surface area contributed by atoms with Crippen LogP contribution in [0.1, 0.15) is 30.1 Å². The molecule has 2 N–H and O–H groups in total. The summed E-state index contributed by atoms with van der Waals surface area (Å²) in [5.74, 6) is -2.34. The average molecular weight is 268 g/mol.